The van der Waals surface area contributed by atoms with Crippen LogP contribution in [0.5, 0.6) is 0 Å². The fraction of sp³-hybridized carbons (Fsp3) is 0.261. The number of rotatable bonds is 5. The Balaban J connectivity index is 0.000000273. The number of amidine groups is 1. The van der Waals surface area contributed by atoms with Crippen LogP contribution in [0.1, 0.15) is 25.0 Å². The molecule has 34 heavy (non-hydrogen) atoms. The van der Waals surface area contributed by atoms with Gasteiger partial charge in [-0.25, -0.2) is 4.99 Å². The van der Waals surface area contributed by atoms with Gasteiger partial charge in [0.2, 0.25) is 18.2 Å². The Labute approximate surface area is 204 Å². The van der Waals surface area contributed by atoms with Gasteiger partial charge in [-0.05, 0) is 50.3 Å². The average molecular weight is 507 g/mol. The maximum atomic E-state index is 12.6. The van der Waals surface area contributed by atoms with Crippen molar-refractivity contribution in [3.05, 3.63) is 82.5 Å². The monoisotopic (exact) mass is 506 g/mol. The molecule has 3 rings (SSSR count). The van der Waals surface area contributed by atoms with E-state index in [4.69, 9.17) is 16.2 Å². The molecule has 0 aromatic heterocycles. The molecule has 0 radical (unpaired) electrons. The largest absolute Gasteiger partial charge is 0.623 e. The molecule has 0 fully saturated rings. The average Bonchev–Trinajstić information content (AvgIpc) is 2.87. The maximum Gasteiger partial charge on any atom is 0.267 e. The Kier molecular flexibility index (Phi) is 8.97. The molecule has 1 aliphatic heterocycles. The van der Waals surface area contributed by atoms with Gasteiger partial charge in [-0.3, -0.25) is 9.35 Å². The van der Waals surface area contributed by atoms with Crippen molar-refractivity contribution < 1.29 is 22.5 Å². The number of nitrogens with one attached hydrogen (secondary N) is 2. The molecule has 1 amide bonds. The molecule has 0 bridgehead atoms. The number of fused-ring (bicyclic) bond motifs is 1. The summed E-state index contributed by atoms with van der Waals surface area (Å²) in [5.74, 6) is -0.382. The highest BCUT2D eigenvalue weighted by Gasteiger charge is 2.26. The molecule has 9 nitrogen and oxygen atoms in total. The fourth-order valence-corrected chi connectivity index (χ4v) is 4.39. The number of carbonyl (C=O) groups is 1. The van der Waals surface area contributed by atoms with Gasteiger partial charge in [0.15, 0.2) is 5.84 Å². The van der Waals surface area contributed by atoms with E-state index in [1.165, 1.54) is 13.8 Å². The van der Waals surface area contributed by atoms with Crippen molar-refractivity contribution in [3.63, 3.8) is 0 Å². The quantitative estimate of drug-likeness (QED) is 0.247. The molecule has 182 valence electrons. The van der Waals surface area contributed by atoms with Gasteiger partial charge >= 0.3 is 0 Å². The number of aliphatic imine (C=N–C) groups is 1. The Hall–Kier alpha value is -3.21. The van der Waals surface area contributed by atoms with Crippen LogP contribution in [-0.4, -0.2) is 60.0 Å². The normalized spacial score (nSPS) is 13.5. The van der Waals surface area contributed by atoms with Gasteiger partial charge in [0.05, 0.1) is 22.5 Å². The highest BCUT2D eigenvalue weighted by molar-refractivity contribution is 7.85. The number of carbonyl (C=O) groups excluding carboxylic acids is 1. The van der Waals surface area contributed by atoms with Gasteiger partial charge < -0.3 is 15.8 Å². The summed E-state index contributed by atoms with van der Waals surface area (Å²) in [5, 5.41) is 18.5. The predicted molar refractivity (Wildman–Crippen MR) is 135 cm³/mol. The number of benzene rings is 2. The first kappa shape index (κ1) is 27.0. The summed E-state index contributed by atoms with van der Waals surface area (Å²) in [4.78, 5) is 15.3. The van der Waals surface area contributed by atoms with Crippen LogP contribution in [0.15, 0.2) is 66.2 Å². The topological polar surface area (TPSA) is 134 Å². The molecule has 0 saturated carbocycles. The lowest BCUT2D eigenvalue weighted by molar-refractivity contribution is -0.439. The van der Waals surface area contributed by atoms with E-state index in [0.717, 1.165) is 27.6 Å². The van der Waals surface area contributed by atoms with E-state index >= 15 is 0 Å². The summed E-state index contributed by atoms with van der Waals surface area (Å²) in [5.41, 5.74) is 1.92. The minimum atomic E-state index is -4.08. The lowest BCUT2D eigenvalue weighted by Gasteiger charge is -2.23. The summed E-state index contributed by atoms with van der Waals surface area (Å²) in [6.07, 6.45) is 1.03. The van der Waals surface area contributed by atoms with E-state index in [-0.39, 0.29) is 6.54 Å². The van der Waals surface area contributed by atoms with E-state index < -0.39 is 27.3 Å². The fourth-order valence-electron chi connectivity index (χ4n) is 3.23. The molecule has 0 aliphatic carbocycles. The summed E-state index contributed by atoms with van der Waals surface area (Å²) in [7, 11) is -2.32. The van der Waals surface area contributed by atoms with Crippen LogP contribution in [0.3, 0.4) is 0 Å². The lowest BCUT2D eigenvalue weighted by atomic mass is 10.0. The Morgan fingerprint density at radius 1 is 1.29 bits per heavy atom. The van der Waals surface area contributed by atoms with Crippen molar-refractivity contribution >= 4 is 44.9 Å². The van der Waals surface area contributed by atoms with Gasteiger partial charge in [0.25, 0.3) is 10.1 Å². The van der Waals surface area contributed by atoms with E-state index in [2.05, 4.69) is 22.2 Å². The first-order valence-corrected chi connectivity index (χ1v) is 12.2. The van der Waals surface area contributed by atoms with Crippen LogP contribution in [0.4, 0.5) is 5.69 Å². The third-order valence-corrected chi connectivity index (χ3v) is 5.86. The van der Waals surface area contributed by atoms with Crippen molar-refractivity contribution in [3.8, 4) is 0 Å². The van der Waals surface area contributed by atoms with Gasteiger partial charge in [0, 0.05) is 17.6 Å². The van der Waals surface area contributed by atoms with Crippen molar-refractivity contribution in [2.45, 2.75) is 19.4 Å². The zero-order valence-electron chi connectivity index (χ0n) is 19.1. The first-order chi connectivity index (χ1) is 15.8. The molecule has 11 heteroatoms. The van der Waals surface area contributed by atoms with Crippen LogP contribution in [-0.2, 0) is 14.9 Å². The molecule has 2 aromatic carbocycles. The molecular formula is C23H27ClN4O5S. The zero-order chi connectivity index (χ0) is 25.5. The number of halogens is 1. The van der Waals surface area contributed by atoms with Crippen molar-refractivity contribution in [2.75, 3.05) is 19.3 Å². The van der Waals surface area contributed by atoms with Crippen molar-refractivity contribution in [2.24, 2.45) is 4.99 Å². The SMILES string of the molecule is C=CC(=O)NC(C)(C)CS(=O)(=O)O.CNC1=Nc2ccc(Cl)cc2C(c2ccccc2)=[N+]([O-])C1. The Morgan fingerprint density at radius 3 is 2.50 bits per heavy atom. The second-order valence-corrected chi connectivity index (χ2v) is 9.91. The number of likely N-dealkylation sites (N-methyl/N-ethyl adjacent to an activating group) is 1. The van der Waals surface area contributed by atoms with Crippen LogP contribution in [0.25, 0.3) is 0 Å². The van der Waals surface area contributed by atoms with Crippen LogP contribution in [0, 0.1) is 5.21 Å². The Bertz CT molecular complexity index is 1230. The second-order valence-electron chi connectivity index (χ2n) is 8.02. The van der Waals surface area contributed by atoms with E-state index in [1.807, 2.05) is 36.4 Å². The third kappa shape index (κ3) is 7.98. The van der Waals surface area contributed by atoms with E-state index in [1.54, 1.807) is 19.2 Å². The second kappa shape index (κ2) is 11.3. The first-order valence-electron chi connectivity index (χ1n) is 10.2. The molecular weight excluding hydrogens is 480 g/mol. The highest BCUT2D eigenvalue weighted by Crippen LogP contribution is 2.28. The van der Waals surface area contributed by atoms with Crippen LogP contribution in [0.2, 0.25) is 5.02 Å². The molecule has 0 saturated heterocycles. The summed E-state index contributed by atoms with van der Waals surface area (Å²) < 4.78 is 30.5. The van der Waals surface area contributed by atoms with Crippen LogP contribution >= 0.6 is 11.6 Å². The molecule has 0 spiro atoms. The maximum absolute atomic E-state index is 12.6. The molecule has 1 heterocycles. The molecule has 1 aliphatic rings. The standard InChI is InChI=1S/C16H14ClN3O.C7H13NO4S/c1-18-15-10-20(21)16(11-5-3-2-4-6-11)13-9-12(17)7-8-14(13)19-15;1-4-6(9)8-7(2,3)5-13(10,11)12/h2-9H,10H2,1H3,(H,18,19);4H,1,5H2,2-3H3,(H,8,9)(H,10,11,12). The smallest absolute Gasteiger partial charge is 0.267 e. The number of hydroxylamine groups is 1. The number of amides is 1. The van der Waals surface area contributed by atoms with Gasteiger partial charge in [-0.15, -0.1) is 0 Å². The van der Waals surface area contributed by atoms with Crippen LogP contribution < -0.4 is 10.6 Å². The predicted octanol–water partition coefficient (Wildman–Crippen LogP) is 2.91. The summed E-state index contributed by atoms with van der Waals surface area (Å²) in [6.45, 7) is 6.37. The summed E-state index contributed by atoms with van der Waals surface area (Å²) >= 11 is 6.10. The van der Waals surface area contributed by atoms with Gasteiger partial charge in [0.1, 0.15) is 0 Å². The lowest BCUT2D eigenvalue weighted by Crippen LogP contribution is -2.47. The van der Waals surface area contributed by atoms with Crippen molar-refractivity contribution in [1.82, 2.24) is 10.6 Å². The minimum Gasteiger partial charge on any atom is -0.623 e. The number of hydrogen-bond acceptors (Lipinski definition) is 6. The molecule has 0 unspecified atom stereocenters. The minimum absolute atomic E-state index is 0.174. The van der Waals surface area contributed by atoms with E-state index in [9.17, 15) is 18.4 Å². The summed E-state index contributed by atoms with van der Waals surface area (Å²) in [6, 6.07) is 15.0. The highest BCUT2D eigenvalue weighted by atomic mass is 35.5. The van der Waals surface area contributed by atoms with Crippen molar-refractivity contribution in [1.29, 1.82) is 0 Å². The van der Waals surface area contributed by atoms with E-state index in [0.29, 0.717) is 16.6 Å². The van der Waals surface area contributed by atoms with Gasteiger partial charge in [-0.2, -0.15) is 13.2 Å². The number of nitrogens with zero attached hydrogens (tertiary/aromatic N) is 2. The zero-order valence-corrected chi connectivity index (χ0v) is 20.7. The molecule has 3 N–H and O–H groups in total. The number of hydrogen-bond donors (Lipinski definition) is 3. The Morgan fingerprint density at radius 2 is 1.94 bits per heavy atom. The van der Waals surface area contributed by atoms with Gasteiger partial charge in [-0.1, -0.05) is 36.4 Å². The third-order valence-electron chi connectivity index (χ3n) is 4.54. The molecule has 2 aromatic rings. The molecule has 0 atom stereocenters.